The maximum absolute atomic E-state index is 6.28. The van der Waals surface area contributed by atoms with E-state index in [0.29, 0.717) is 17.7 Å². The number of nitrogens with zero attached hydrogens (tertiary/aromatic N) is 9. The quantitative estimate of drug-likeness (QED) is 0.0989. The first-order valence-corrected chi connectivity index (χ1v) is 45.9. The van der Waals surface area contributed by atoms with Gasteiger partial charge in [0, 0.05) is 63.5 Å². The second-order valence-electron chi connectivity index (χ2n) is 34.4. The minimum absolute atomic E-state index is 0.356. The Labute approximate surface area is 789 Å². The minimum Gasteiger partial charge on any atom is -0.436 e. The van der Waals surface area contributed by atoms with Crippen LogP contribution >= 0.6 is 47.8 Å². The zero-order chi connectivity index (χ0) is 90.4. The lowest BCUT2D eigenvalue weighted by molar-refractivity contribution is 0.00578. The van der Waals surface area contributed by atoms with Crippen LogP contribution in [-0.4, -0.2) is 81.5 Å². The smallest absolute Gasteiger partial charge is 0.436 e. The van der Waals surface area contributed by atoms with E-state index in [1.54, 1.807) is 0 Å². The Morgan fingerprint density at radius 2 is 0.402 bits per heavy atom. The van der Waals surface area contributed by atoms with Crippen LogP contribution in [0.1, 0.15) is 55.4 Å². The van der Waals surface area contributed by atoms with Gasteiger partial charge in [0.15, 0.2) is 16.7 Å². The van der Waals surface area contributed by atoms with Gasteiger partial charge in [-0.15, -0.1) is 0 Å². The van der Waals surface area contributed by atoms with Crippen LogP contribution in [0, 0.1) is 0 Å². The van der Waals surface area contributed by atoms with E-state index in [0.717, 1.165) is 197 Å². The van der Waals surface area contributed by atoms with Gasteiger partial charge in [0.2, 0.25) is 17.7 Å². The first-order chi connectivity index (χ1) is 64.0. The van der Waals surface area contributed by atoms with E-state index in [4.69, 9.17) is 71.7 Å². The zero-order valence-electron chi connectivity index (χ0n) is 73.3. The third-order valence-corrected chi connectivity index (χ3v) is 26.1. The van der Waals surface area contributed by atoms with Gasteiger partial charge in [-0.2, -0.15) is 0 Å². The van der Waals surface area contributed by atoms with Gasteiger partial charge in [0.25, 0.3) is 0 Å². The molecule has 2 fully saturated rings. The molecule has 0 saturated carbocycles. The SMILES string of the molecule is Brc1ccc(-c2nc3ccccc3nc2-c2ccc(-c3ccc4oc(-c5ccccc5)nc4c3)cc2)cc1.Brc1ccc(-c2nc3ccccc3nc2-c2ccc(Br)cc2)cc1.CC1(C)OB(c2ccc(-c3nc4ccccc4nc3-c3ccc(-c4ccc5oc(-c6ccccc6)nc5c4)cc3)cc2)OC1(C)C.CC1(C)OB(c2ccc3oc(-c4ccccc4)nc3c2)OC1(C)C. The molecule has 0 unspecified atom stereocenters. The van der Waals surface area contributed by atoms with Gasteiger partial charge < -0.3 is 31.9 Å². The molecule has 21 heteroatoms. The Morgan fingerprint density at radius 3 is 0.682 bits per heavy atom. The van der Waals surface area contributed by atoms with Gasteiger partial charge >= 0.3 is 14.2 Å². The highest BCUT2D eigenvalue weighted by molar-refractivity contribution is 9.11. The average molecular weight is 1920 g/mol. The molecule has 8 heterocycles. The molecule has 0 N–H and O–H groups in total. The lowest BCUT2D eigenvalue weighted by Crippen LogP contribution is -2.41. The number of fused-ring (bicyclic) bond motifs is 6. The van der Waals surface area contributed by atoms with E-state index in [-0.39, 0.29) is 11.2 Å². The van der Waals surface area contributed by atoms with E-state index in [1.807, 2.05) is 231 Å². The monoisotopic (exact) mass is 1910 g/mol. The van der Waals surface area contributed by atoms with Crippen molar-refractivity contribution in [3.63, 3.8) is 0 Å². The van der Waals surface area contributed by atoms with Gasteiger partial charge in [0.1, 0.15) is 16.6 Å². The molecule has 15 aromatic carbocycles. The number of hydrogen-bond acceptors (Lipinski definition) is 16. The predicted molar refractivity (Wildman–Crippen MR) is 542 cm³/mol. The summed E-state index contributed by atoms with van der Waals surface area (Å²) in [7, 11) is -0.813. The molecule has 0 amide bonds. The Kier molecular flexibility index (Phi) is 23.6. The fraction of sp³-hybridized carbons (Fsp3) is 0.108. The van der Waals surface area contributed by atoms with Gasteiger partial charge in [-0.3, -0.25) is 0 Å². The first-order valence-electron chi connectivity index (χ1n) is 43.5. The van der Waals surface area contributed by atoms with Gasteiger partial charge in [-0.25, -0.2) is 44.9 Å². The van der Waals surface area contributed by atoms with Gasteiger partial charge in [-0.05, 0) is 234 Å². The molecule has 21 aromatic rings. The average Bonchev–Trinajstić information content (AvgIpc) is 1.56. The summed E-state index contributed by atoms with van der Waals surface area (Å²) >= 11 is 10.5. The van der Waals surface area contributed by atoms with E-state index in [1.165, 1.54) is 0 Å². The highest BCUT2D eigenvalue weighted by Gasteiger charge is 2.53. The van der Waals surface area contributed by atoms with Crippen molar-refractivity contribution in [2.45, 2.75) is 77.8 Å². The van der Waals surface area contributed by atoms with Crippen LogP contribution in [0.3, 0.4) is 0 Å². The lowest BCUT2D eigenvalue weighted by atomic mass is 9.78. The molecule has 0 atom stereocenters. The molecule has 132 heavy (non-hydrogen) atoms. The molecule has 0 aliphatic carbocycles. The maximum Gasteiger partial charge on any atom is 0.494 e. The van der Waals surface area contributed by atoms with Crippen molar-refractivity contribution in [1.82, 2.24) is 44.9 Å². The second kappa shape index (κ2) is 36.1. The topological polar surface area (TPSA) is 192 Å². The van der Waals surface area contributed by atoms with Gasteiger partial charge in [-0.1, -0.05) is 266 Å². The summed E-state index contributed by atoms with van der Waals surface area (Å²) in [5.41, 5.74) is 28.9. The molecule has 0 radical (unpaired) electrons. The van der Waals surface area contributed by atoms with Crippen LogP contribution in [-0.2, 0) is 18.6 Å². The Morgan fingerprint density at radius 1 is 0.189 bits per heavy atom. The molecule has 0 spiro atoms. The number of hydrogen-bond donors (Lipinski definition) is 0. The molecule has 2 aliphatic rings. The molecular weight excluding hydrogens is 1830 g/mol. The second-order valence-corrected chi connectivity index (χ2v) is 37.2. The minimum atomic E-state index is -0.421. The number of aromatic nitrogens is 9. The standard InChI is InChI=1S/C39H32BN3O3.C33H20BrN3O.C20H12Br2N2.C19H20BNO3/c1-38(2)39(3,4)46-40(45-38)30-21-18-27(19-22-30)36-35(41-31-12-8-9-13-32(31)42-36)26-16-14-25(15-17-26)29-20-23-34-33(24-29)43-37(44-34)28-10-6-5-7-11-28;34-26-17-14-23(15-18-26)32-31(35-27-8-4-5-9-28(27)36-32)22-12-10-21(11-13-22)25-16-19-30-29(20-25)37-33(38-30)24-6-2-1-3-7-24;21-15-9-5-13(6-10-15)19-20(14-7-11-16(22)12-8-14)24-18-4-2-1-3-17(18)23-19;1-18(2)19(3,4)24-20(23-18)14-10-11-16-15(12-14)21-17(22-16)13-8-6-5-7-9-13/h5-24H,1-4H3;1-20H;1-12H;5-12H,1-4H3. The maximum atomic E-state index is 6.28. The Hall–Kier alpha value is -13.9. The summed E-state index contributed by atoms with van der Waals surface area (Å²) in [6.07, 6.45) is 0. The van der Waals surface area contributed by atoms with Crippen molar-refractivity contribution < 1.29 is 31.9 Å². The fourth-order valence-corrected chi connectivity index (χ4v) is 16.6. The van der Waals surface area contributed by atoms with Crippen LogP contribution in [0.15, 0.2) is 391 Å². The van der Waals surface area contributed by atoms with Crippen LogP contribution < -0.4 is 10.9 Å². The summed E-state index contributed by atoms with van der Waals surface area (Å²) < 4.78 is 45.8. The highest BCUT2D eigenvalue weighted by atomic mass is 79.9. The van der Waals surface area contributed by atoms with E-state index in [2.05, 4.69) is 242 Å². The molecule has 6 aromatic heterocycles. The first kappa shape index (κ1) is 86.2. The summed E-state index contributed by atoms with van der Waals surface area (Å²) in [5.74, 6) is 1.87. The molecule has 642 valence electrons. The van der Waals surface area contributed by atoms with Crippen LogP contribution in [0.25, 0.3) is 191 Å². The summed E-state index contributed by atoms with van der Waals surface area (Å²) in [5, 5.41) is 0. The molecule has 0 bridgehead atoms. The van der Waals surface area contributed by atoms with Crippen LogP contribution in [0.4, 0.5) is 0 Å². The number of halogens is 3. The molecule has 2 saturated heterocycles. The number of para-hydroxylation sites is 6. The van der Waals surface area contributed by atoms with Crippen molar-refractivity contribution in [3.05, 3.63) is 377 Å². The summed E-state index contributed by atoms with van der Waals surface area (Å²) in [4.78, 5) is 44.1. The lowest BCUT2D eigenvalue weighted by Gasteiger charge is -2.32. The Balaban J connectivity index is 0.000000114. The molecule has 23 rings (SSSR count). The number of rotatable bonds is 13. The third-order valence-electron chi connectivity index (χ3n) is 24.5. The van der Waals surface area contributed by atoms with Crippen molar-refractivity contribution in [2.24, 2.45) is 0 Å². The number of oxazole rings is 3. The van der Waals surface area contributed by atoms with Crippen molar-refractivity contribution >= 4 is 139 Å². The normalized spacial score (nSPS) is 14.1. The molecule has 2 aliphatic heterocycles. The number of benzene rings is 15. The largest absolute Gasteiger partial charge is 0.494 e. The van der Waals surface area contributed by atoms with E-state index in [9.17, 15) is 0 Å². The highest BCUT2D eigenvalue weighted by Crippen LogP contribution is 2.43. The fourth-order valence-electron chi connectivity index (χ4n) is 15.8. The molecule has 16 nitrogen and oxygen atoms in total. The van der Waals surface area contributed by atoms with Crippen molar-refractivity contribution in [3.8, 4) is 124 Å². The zero-order valence-corrected chi connectivity index (χ0v) is 78.1. The predicted octanol–water partition coefficient (Wildman–Crippen LogP) is 28.2. The summed E-state index contributed by atoms with van der Waals surface area (Å²) in [6, 6.07) is 122. The van der Waals surface area contributed by atoms with E-state index < -0.39 is 25.4 Å². The summed E-state index contributed by atoms with van der Waals surface area (Å²) in [6.45, 7) is 16.5. The third kappa shape index (κ3) is 18.0. The Bertz CT molecular complexity index is 7690. The molecular formula is C111H84B2Br3N9O7. The van der Waals surface area contributed by atoms with Crippen LogP contribution in [0.5, 0.6) is 0 Å². The van der Waals surface area contributed by atoms with Crippen molar-refractivity contribution in [1.29, 1.82) is 0 Å². The van der Waals surface area contributed by atoms with Gasteiger partial charge in [0.05, 0.1) is 89.7 Å². The van der Waals surface area contributed by atoms with E-state index >= 15 is 0 Å². The van der Waals surface area contributed by atoms with Crippen LogP contribution in [0.2, 0.25) is 0 Å². The van der Waals surface area contributed by atoms with Crippen molar-refractivity contribution in [2.75, 3.05) is 0 Å².